The molecule has 32 heavy (non-hydrogen) atoms. The van der Waals surface area contributed by atoms with Crippen LogP contribution >= 0.6 is 11.3 Å². The van der Waals surface area contributed by atoms with Crippen LogP contribution in [0.25, 0.3) is 0 Å². The van der Waals surface area contributed by atoms with E-state index in [0.29, 0.717) is 36.0 Å². The first-order valence-electron chi connectivity index (χ1n) is 10.9. The molecule has 0 bridgehead atoms. The zero-order valence-corrected chi connectivity index (χ0v) is 19.4. The molecule has 1 aromatic heterocycles. The summed E-state index contributed by atoms with van der Waals surface area (Å²) in [5, 5.41) is 2.04. The monoisotopic (exact) mass is 451 g/mol. The van der Waals surface area contributed by atoms with Crippen molar-refractivity contribution in [1.29, 1.82) is 0 Å². The van der Waals surface area contributed by atoms with Crippen molar-refractivity contribution in [2.75, 3.05) is 14.2 Å². The highest BCUT2D eigenvalue weighted by atomic mass is 32.1. The highest BCUT2D eigenvalue weighted by Crippen LogP contribution is 2.32. The van der Waals surface area contributed by atoms with E-state index in [1.807, 2.05) is 58.8 Å². The fourth-order valence-corrected chi connectivity index (χ4v) is 4.79. The van der Waals surface area contributed by atoms with Gasteiger partial charge in [-0.25, -0.2) is 0 Å². The maximum absolute atomic E-state index is 13.5. The molecule has 168 valence electrons. The third-order valence-electron chi connectivity index (χ3n) is 5.87. The second-order valence-electron chi connectivity index (χ2n) is 7.96. The Morgan fingerprint density at radius 1 is 1.00 bits per heavy atom. The summed E-state index contributed by atoms with van der Waals surface area (Å²) in [5.41, 5.74) is 1.68. The lowest BCUT2D eigenvalue weighted by Gasteiger charge is -2.29. The van der Waals surface area contributed by atoms with E-state index in [0.717, 1.165) is 36.1 Å². The molecule has 0 atom stereocenters. The maximum atomic E-state index is 13.5. The third kappa shape index (κ3) is 5.25. The Kier molecular flexibility index (Phi) is 7.32. The molecule has 6 heteroatoms. The number of benzene rings is 2. The molecule has 0 N–H and O–H groups in total. The largest absolute Gasteiger partial charge is 0.497 e. The molecular formula is C26H29NO4S. The van der Waals surface area contributed by atoms with Crippen LogP contribution in [-0.4, -0.2) is 31.1 Å². The first-order valence-corrected chi connectivity index (χ1v) is 11.8. The van der Waals surface area contributed by atoms with Gasteiger partial charge in [0.15, 0.2) is 11.5 Å². The number of nitrogens with zero attached hydrogens (tertiary/aromatic N) is 1. The van der Waals surface area contributed by atoms with Crippen LogP contribution in [0.5, 0.6) is 17.2 Å². The predicted octanol–water partition coefficient (Wildman–Crippen LogP) is 5.93. The summed E-state index contributed by atoms with van der Waals surface area (Å²) in [4.78, 5) is 16.7. The molecule has 1 saturated carbocycles. The van der Waals surface area contributed by atoms with Crippen LogP contribution in [0.15, 0.2) is 60.0 Å². The van der Waals surface area contributed by atoms with Gasteiger partial charge in [-0.05, 0) is 60.2 Å². The van der Waals surface area contributed by atoms with Crippen molar-refractivity contribution in [2.45, 2.75) is 44.9 Å². The summed E-state index contributed by atoms with van der Waals surface area (Å²) >= 11 is 1.66. The highest BCUT2D eigenvalue weighted by Gasteiger charge is 2.28. The molecule has 4 rings (SSSR count). The van der Waals surface area contributed by atoms with E-state index < -0.39 is 0 Å². The van der Waals surface area contributed by atoms with E-state index in [2.05, 4.69) is 6.07 Å². The van der Waals surface area contributed by atoms with E-state index in [1.165, 1.54) is 0 Å². The first kappa shape index (κ1) is 22.2. The lowest BCUT2D eigenvalue weighted by molar-refractivity contribution is 0.0664. The Bertz CT molecular complexity index is 1030. The second kappa shape index (κ2) is 10.6. The van der Waals surface area contributed by atoms with Crippen molar-refractivity contribution in [3.05, 3.63) is 76.0 Å². The van der Waals surface area contributed by atoms with Gasteiger partial charge in [0.25, 0.3) is 5.91 Å². The van der Waals surface area contributed by atoms with Crippen LogP contribution in [-0.2, 0) is 13.2 Å². The molecule has 0 radical (unpaired) electrons. The Morgan fingerprint density at radius 3 is 2.56 bits per heavy atom. The average molecular weight is 452 g/mol. The number of ether oxygens (including phenoxy) is 3. The van der Waals surface area contributed by atoms with Gasteiger partial charge in [-0.1, -0.05) is 31.0 Å². The SMILES string of the molecule is COc1cccc(C(=O)N(Cc2ccc(OC)c(OCc3cccs3)c2)C2CCCC2)c1. The van der Waals surface area contributed by atoms with E-state index in [-0.39, 0.29) is 11.9 Å². The van der Waals surface area contributed by atoms with E-state index in [4.69, 9.17) is 14.2 Å². The fraction of sp³-hybridized carbons (Fsp3) is 0.346. The van der Waals surface area contributed by atoms with Gasteiger partial charge >= 0.3 is 0 Å². The molecule has 0 spiro atoms. The average Bonchev–Trinajstić information content (AvgIpc) is 3.55. The van der Waals surface area contributed by atoms with Crippen molar-refractivity contribution in [2.24, 2.45) is 0 Å². The zero-order valence-electron chi connectivity index (χ0n) is 18.6. The van der Waals surface area contributed by atoms with Crippen molar-refractivity contribution in [1.82, 2.24) is 4.90 Å². The summed E-state index contributed by atoms with van der Waals surface area (Å²) in [7, 11) is 3.26. The zero-order chi connectivity index (χ0) is 22.3. The van der Waals surface area contributed by atoms with Crippen LogP contribution in [0, 0.1) is 0 Å². The summed E-state index contributed by atoms with van der Waals surface area (Å²) < 4.78 is 16.9. The van der Waals surface area contributed by atoms with Crippen molar-refractivity contribution < 1.29 is 19.0 Å². The summed E-state index contributed by atoms with van der Waals surface area (Å²) in [6, 6.07) is 17.6. The lowest BCUT2D eigenvalue weighted by atomic mass is 10.1. The summed E-state index contributed by atoms with van der Waals surface area (Å²) in [6.07, 6.45) is 4.38. The second-order valence-corrected chi connectivity index (χ2v) is 8.99. The molecule has 1 heterocycles. The summed E-state index contributed by atoms with van der Waals surface area (Å²) in [6.45, 7) is 1.02. The predicted molar refractivity (Wildman–Crippen MR) is 127 cm³/mol. The number of hydrogen-bond acceptors (Lipinski definition) is 5. The van der Waals surface area contributed by atoms with E-state index >= 15 is 0 Å². The molecule has 1 fully saturated rings. The number of thiophene rings is 1. The third-order valence-corrected chi connectivity index (χ3v) is 6.72. The molecule has 0 saturated heterocycles. The minimum atomic E-state index is 0.0349. The fourth-order valence-electron chi connectivity index (χ4n) is 4.18. The topological polar surface area (TPSA) is 48.0 Å². The number of carbonyl (C=O) groups is 1. The Labute approximate surface area is 193 Å². The number of hydrogen-bond donors (Lipinski definition) is 0. The Balaban J connectivity index is 1.57. The van der Waals surface area contributed by atoms with Gasteiger partial charge in [-0.3, -0.25) is 4.79 Å². The minimum absolute atomic E-state index is 0.0349. The number of methoxy groups -OCH3 is 2. The van der Waals surface area contributed by atoms with E-state index in [9.17, 15) is 4.79 Å². The van der Waals surface area contributed by atoms with Crippen LogP contribution in [0.2, 0.25) is 0 Å². The van der Waals surface area contributed by atoms with Gasteiger partial charge in [-0.2, -0.15) is 0 Å². The van der Waals surface area contributed by atoms with E-state index in [1.54, 1.807) is 25.6 Å². The minimum Gasteiger partial charge on any atom is -0.497 e. The molecular weight excluding hydrogens is 422 g/mol. The van der Waals surface area contributed by atoms with Crippen LogP contribution < -0.4 is 14.2 Å². The van der Waals surface area contributed by atoms with Crippen LogP contribution in [0.1, 0.15) is 46.5 Å². The molecule has 1 amide bonds. The number of amides is 1. The lowest BCUT2D eigenvalue weighted by Crippen LogP contribution is -2.38. The first-order chi connectivity index (χ1) is 15.7. The number of rotatable bonds is 9. The van der Waals surface area contributed by atoms with Gasteiger partial charge in [0.1, 0.15) is 12.4 Å². The Hall–Kier alpha value is -2.99. The normalized spacial score (nSPS) is 13.7. The quantitative estimate of drug-likeness (QED) is 0.405. The smallest absolute Gasteiger partial charge is 0.254 e. The molecule has 0 aliphatic heterocycles. The van der Waals surface area contributed by atoms with Gasteiger partial charge in [0.05, 0.1) is 14.2 Å². The molecule has 5 nitrogen and oxygen atoms in total. The Morgan fingerprint density at radius 2 is 1.84 bits per heavy atom. The van der Waals surface area contributed by atoms with Gasteiger partial charge in [0.2, 0.25) is 0 Å². The van der Waals surface area contributed by atoms with Gasteiger partial charge in [0, 0.05) is 23.0 Å². The highest BCUT2D eigenvalue weighted by molar-refractivity contribution is 7.09. The summed E-state index contributed by atoms with van der Waals surface area (Å²) in [5.74, 6) is 2.11. The molecule has 3 aromatic rings. The molecule has 2 aromatic carbocycles. The maximum Gasteiger partial charge on any atom is 0.254 e. The van der Waals surface area contributed by atoms with Crippen molar-refractivity contribution >= 4 is 17.2 Å². The van der Waals surface area contributed by atoms with Crippen LogP contribution in [0.3, 0.4) is 0 Å². The molecule has 1 aliphatic rings. The standard InChI is InChI=1S/C26H29NO4S/c1-29-22-10-5-7-20(16-22)26(28)27(21-8-3-4-9-21)17-19-12-13-24(30-2)25(15-19)31-18-23-11-6-14-32-23/h5-7,10-16,21H,3-4,8-9,17-18H2,1-2H3. The van der Waals surface area contributed by atoms with Gasteiger partial charge < -0.3 is 19.1 Å². The van der Waals surface area contributed by atoms with Gasteiger partial charge in [-0.15, -0.1) is 11.3 Å². The van der Waals surface area contributed by atoms with Crippen LogP contribution in [0.4, 0.5) is 0 Å². The molecule has 1 aliphatic carbocycles. The number of carbonyl (C=O) groups excluding carboxylic acids is 1. The van der Waals surface area contributed by atoms with Crippen molar-refractivity contribution in [3.8, 4) is 17.2 Å². The van der Waals surface area contributed by atoms with Crippen molar-refractivity contribution in [3.63, 3.8) is 0 Å². The molecule has 0 unspecified atom stereocenters.